The zero-order valence-corrected chi connectivity index (χ0v) is 9.99. The van der Waals surface area contributed by atoms with E-state index in [1.54, 1.807) is 0 Å². The second-order valence-corrected chi connectivity index (χ2v) is 4.53. The molecule has 1 amide bonds. The highest BCUT2D eigenvalue weighted by Gasteiger charge is 2.25. The zero-order valence-electron chi connectivity index (χ0n) is 9.99. The number of nitrogens with zero attached hydrogens (tertiary/aromatic N) is 1. The van der Waals surface area contributed by atoms with Gasteiger partial charge in [0.1, 0.15) is 5.56 Å². The molecule has 19 heavy (non-hydrogen) atoms. The molecule has 0 heterocycles. The minimum atomic E-state index is -1.35. The Morgan fingerprint density at radius 1 is 1.37 bits per heavy atom. The summed E-state index contributed by atoms with van der Waals surface area (Å²) in [4.78, 5) is 21.5. The SMILES string of the molecule is O=C(NCCC1CC1)c1cc(F)c(F)cc1[N+](=O)[O-]. The maximum absolute atomic E-state index is 13.1. The van der Waals surface area contributed by atoms with Crippen molar-refractivity contribution in [3.8, 4) is 0 Å². The van der Waals surface area contributed by atoms with Crippen molar-refractivity contribution in [3.05, 3.63) is 39.4 Å². The number of hydrogen-bond donors (Lipinski definition) is 1. The van der Waals surface area contributed by atoms with Crippen LogP contribution in [0.2, 0.25) is 0 Å². The average Bonchev–Trinajstić information content (AvgIpc) is 3.15. The van der Waals surface area contributed by atoms with Crippen molar-refractivity contribution in [3.63, 3.8) is 0 Å². The molecule has 1 aromatic carbocycles. The standard InChI is InChI=1S/C12H12F2N2O3/c13-9-5-8(11(16(18)19)6-10(9)14)12(17)15-4-3-7-1-2-7/h5-7H,1-4H2,(H,15,17). The Labute approximate surface area is 107 Å². The number of nitrogens with one attached hydrogen (secondary N) is 1. The molecule has 1 aliphatic rings. The van der Waals surface area contributed by atoms with Gasteiger partial charge in [0.05, 0.1) is 11.0 Å². The lowest BCUT2D eigenvalue weighted by atomic mass is 10.1. The molecule has 0 radical (unpaired) electrons. The van der Waals surface area contributed by atoms with E-state index in [1.807, 2.05) is 0 Å². The maximum atomic E-state index is 13.1. The molecule has 1 saturated carbocycles. The molecular weight excluding hydrogens is 258 g/mol. The van der Waals surface area contributed by atoms with Gasteiger partial charge in [-0.3, -0.25) is 14.9 Å². The smallest absolute Gasteiger partial charge is 0.285 e. The first kappa shape index (κ1) is 13.4. The molecule has 0 saturated heterocycles. The van der Waals surface area contributed by atoms with Crippen LogP contribution in [0.25, 0.3) is 0 Å². The van der Waals surface area contributed by atoms with Gasteiger partial charge in [-0.05, 0) is 18.4 Å². The average molecular weight is 270 g/mol. The van der Waals surface area contributed by atoms with E-state index in [9.17, 15) is 23.7 Å². The van der Waals surface area contributed by atoms with E-state index in [0.29, 0.717) is 24.6 Å². The van der Waals surface area contributed by atoms with Crippen molar-refractivity contribution in [1.82, 2.24) is 5.32 Å². The van der Waals surface area contributed by atoms with Gasteiger partial charge in [0.25, 0.3) is 11.6 Å². The molecule has 5 nitrogen and oxygen atoms in total. The molecule has 0 atom stereocenters. The lowest BCUT2D eigenvalue weighted by molar-refractivity contribution is -0.385. The number of benzene rings is 1. The molecule has 0 aromatic heterocycles. The van der Waals surface area contributed by atoms with Crippen LogP contribution in [0, 0.1) is 27.7 Å². The summed E-state index contributed by atoms with van der Waals surface area (Å²) in [5.41, 5.74) is -1.19. The summed E-state index contributed by atoms with van der Waals surface area (Å²) in [6.45, 7) is 0.375. The van der Waals surface area contributed by atoms with E-state index in [0.717, 1.165) is 19.3 Å². The van der Waals surface area contributed by atoms with Crippen LogP contribution in [0.4, 0.5) is 14.5 Å². The van der Waals surface area contributed by atoms with Crippen LogP contribution in [-0.2, 0) is 0 Å². The molecule has 1 N–H and O–H groups in total. The van der Waals surface area contributed by atoms with Gasteiger partial charge in [0.15, 0.2) is 11.6 Å². The van der Waals surface area contributed by atoms with Crippen molar-refractivity contribution in [2.75, 3.05) is 6.54 Å². The predicted molar refractivity (Wildman–Crippen MR) is 62.7 cm³/mol. The van der Waals surface area contributed by atoms with E-state index in [-0.39, 0.29) is 0 Å². The number of rotatable bonds is 5. The van der Waals surface area contributed by atoms with Gasteiger partial charge >= 0.3 is 0 Å². The van der Waals surface area contributed by atoms with Crippen LogP contribution in [0.3, 0.4) is 0 Å². The van der Waals surface area contributed by atoms with Crippen molar-refractivity contribution < 1.29 is 18.5 Å². The van der Waals surface area contributed by atoms with E-state index in [4.69, 9.17) is 0 Å². The molecule has 102 valence electrons. The van der Waals surface area contributed by atoms with E-state index < -0.39 is 33.7 Å². The van der Waals surface area contributed by atoms with Gasteiger partial charge in [0, 0.05) is 6.54 Å². The predicted octanol–water partition coefficient (Wildman–Crippen LogP) is 2.40. The first-order chi connectivity index (χ1) is 8.99. The number of carbonyl (C=O) groups excluding carboxylic acids is 1. The minimum Gasteiger partial charge on any atom is -0.352 e. The summed E-state index contributed by atoms with van der Waals surface area (Å²) in [7, 11) is 0. The lowest BCUT2D eigenvalue weighted by Gasteiger charge is -2.06. The summed E-state index contributed by atoms with van der Waals surface area (Å²) < 4.78 is 26.0. The van der Waals surface area contributed by atoms with Gasteiger partial charge in [0.2, 0.25) is 0 Å². The van der Waals surface area contributed by atoms with Crippen LogP contribution in [0.15, 0.2) is 12.1 Å². The van der Waals surface area contributed by atoms with Crippen molar-refractivity contribution in [2.24, 2.45) is 5.92 Å². The van der Waals surface area contributed by atoms with Gasteiger partial charge in [-0.2, -0.15) is 0 Å². The third-order valence-corrected chi connectivity index (χ3v) is 3.02. The van der Waals surface area contributed by atoms with Crippen LogP contribution in [-0.4, -0.2) is 17.4 Å². The summed E-state index contributed by atoms with van der Waals surface area (Å²) in [6.07, 6.45) is 3.05. The molecule has 7 heteroatoms. The monoisotopic (exact) mass is 270 g/mol. The van der Waals surface area contributed by atoms with Crippen LogP contribution in [0.1, 0.15) is 29.6 Å². The molecule has 1 aliphatic carbocycles. The summed E-state index contributed by atoms with van der Waals surface area (Å²) in [6, 6.07) is 0.977. The highest BCUT2D eigenvalue weighted by Crippen LogP contribution is 2.31. The van der Waals surface area contributed by atoms with Crippen molar-refractivity contribution in [2.45, 2.75) is 19.3 Å². The van der Waals surface area contributed by atoms with Crippen LogP contribution in [0.5, 0.6) is 0 Å². The Morgan fingerprint density at radius 2 is 2.00 bits per heavy atom. The fourth-order valence-corrected chi connectivity index (χ4v) is 1.76. The molecule has 0 aliphatic heterocycles. The number of amides is 1. The van der Waals surface area contributed by atoms with Gasteiger partial charge in [-0.1, -0.05) is 12.8 Å². The van der Waals surface area contributed by atoms with Crippen LogP contribution < -0.4 is 5.32 Å². The number of halogens is 2. The third-order valence-electron chi connectivity index (χ3n) is 3.02. The van der Waals surface area contributed by atoms with Gasteiger partial charge in [-0.25, -0.2) is 8.78 Å². The first-order valence-electron chi connectivity index (χ1n) is 5.90. The van der Waals surface area contributed by atoms with E-state index >= 15 is 0 Å². The summed E-state index contributed by atoms with van der Waals surface area (Å²) in [5, 5.41) is 13.2. The molecular formula is C12H12F2N2O3. The topological polar surface area (TPSA) is 72.2 Å². The van der Waals surface area contributed by atoms with Crippen LogP contribution >= 0.6 is 0 Å². The largest absolute Gasteiger partial charge is 0.352 e. The van der Waals surface area contributed by atoms with Crippen molar-refractivity contribution >= 4 is 11.6 Å². The molecule has 0 spiro atoms. The third kappa shape index (κ3) is 3.24. The van der Waals surface area contributed by atoms with Crippen molar-refractivity contribution in [1.29, 1.82) is 0 Å². The van der Waals surface area contributed by atoms with E-state index in [1.165, 1.54) is 0 Å². The fraction of sp³-hybridized carbons (Fsp3) is 0.417. The second kappa shape index (κ2) is 5.29. The Hall–Kier alpha value is -2.05. The number of carbonyl (C=O) groups is 1. The first-order valence-corrected chi connectivity index (χ1v) is 5.90. The number of nitro groups is 1. The molecule has 1 fully saturated rings. The molecule has 0 bridgehead atoms. The summed E-state index contributed by atoms with van der Waals surface area (Å²) in [5.74, 6) is -2.79. The number of nitro benzene ring substituents is 1. The summed E-state index contributed by atoms with van der Waals surface area (Å²) >= 11 is 0. The highest BCUT2D eigenvalue weighted by molar-refractivity contribution is 5.98. The Kier molecular flexibility index (Phi) is 3.73. The normalized spacial score (nSPS) is 14.2. The molecule has 0 unspecified atom stereocenters. The lowest BCUT2D eigenvalue weighted by Crippen LogP contribution is -2.25. The molecule has 2 rings (SSSR count). The Bertz CT molecular complexity index is 530. The fourth-order valence-electron chi connectivity index (χ4n) is 1.76. The zero-order chi connectivity index (χ0) is 14.0. The second-order valence-electron chi connectivity index (χ2n) is 4.53. The Morgan fingerprint density at radius 3 is 2.58 bits per heavy atom. The quantitative estimate of drug-likeness (QED) is 0.659. The molecule has 1 aromatic rings. The van der Waals surface area contributed by atoms with Gasteiger partial charge < -0.3 is 5.32 Å². The minimum absolute atomic E-state index is 0.375. The van der Waals surface area contributed by atoms with Gasteiger partial charge in [-0.15, -0.1) is 0 Å². The highest BCUT2D eigenvalue weighted by atomic mass is 19.2. The maximum Gasteiger partial charge on any atom is 0.285 e. The Balaban J connectivity index is 2.13. The van der Waals surface area contributed by atoms with E-state index in [2.05, 4.69) is 5.32 Å². The number of hydrogen-bond acceptors (Lipinski definition) is 3.